The predicted octanol–water partition coefficient (Wildman–Crippen LogP) is 3.11. The highest BCUT2D eigenvalue weighted by atomic mass is 16.7. The van der Waals surface area contributed by atoms with E-state index in [1.165, 1.54) is 17.4 Å². The molecule has 2 N–H and O–H groups in total. The minimum absolute atomic E-state index is 0.0516. The van der Waals surface area contributed by atoms with E-state index >= 15 is 0 Å². The number of hydrogen-bond acceptors (Lipinski definition) is 6. The Hall–Kier alpha value is -4.34. The summed E-state index contributed by atoms with van der Waals surface area (Å²) in [5.74, 6) is -1.06. The summed E-state index contributed by atoms with van der Waals surface area (Å²) >= 11 is 0. The summed E-state index contributed by atoms with van der Waals surface area (Å²) in [6.45, 7) is 8.68. The van der Waals surface area contributed by atoms with Crippen LogP contribution in [0.25, 0.3) is 0 Å². The van der Waals surface area contributed by atoms with Crippen LogP contribution in [0.2, 0.25) is 0 Å². The smallest absolute Gasteiger partial charge is 0.325 e. The Kier molecular flexibility index (Phi) is 6.80. The summed E-state index contributed by atoms with van der Waals surface area (Å²) < 4.78 is 12.8. The van der Waals surface area contributed by atoms with Crippen molar-refractivity contribution in [1.29, 1.82) is 0 Å². The summed E-state index contributed by atoms with van der Waals surface area (Å²) in [6.07, 6.45) is 1.89. The highest BCUT2D eigenvalue weighted by molar-refractivity contribution is 5.99. The fourth-order valence-corrected chi connectivity index (χ4v) is 4.82. The summed E-state index contributed by atoms with van der Waals surface area (Å²) in [4.78, 5) is 44.4. The van der Waals surface area contributed by atoms with E-state index in [9.17, 15) is 19.5 Å². The molecule has 0 radical (unpaired) electrons. The number of rotatable bonds is 6. The maximum atomic E-state index is 13.8. The molecule has 204 valence electrons. The van der Waals surface area contributed by atoms with Crippen LogP contribution >= 0.6 is 0 Å². The minimum Gasteiger partial charge on any atom is -0.480 e. The predicted molar refractivity (Wildman–Crippen MR) is 142 cm³/mol. The van der Waals surface area contributed by atoms with Crippen LogP contribution < -0.4 is 14.8 Å². The zero-order chi connectivity index (χ0) is 27.9. The first-order valence-corrected chi connectivity index (χ1v) is 12.9. The van der Waals surface area contributed by atoms with Gasteiger partial charge >= 0.3 is 5.97 Å². The fourth-order valence-electron chi connectivity index (χ4n) is 4.82. The first-order chi connectivity index (χ1) is 18.5. The quantitative estimate of drug-likeness (QED) is 0.500. The van der Waals surface area contributed by atoms with Gasteiger partial charge in [0.25, 0.3) is 5.91 Å². The zero-order valence-corrected chi connectivity index (χ0v) is 22.4. The Morgan fingerprint density at radius 3 is 2.51 bits per heavy atom. The van der Waals surface area contributed by atoms with Crippen molar-refractivity contribution in [2.45, 2.75) is 64.7 Å². The molecule has 2 unspecified atom stereocenters. The molecule has 3 heterocycles. The average molecular weight is 533 g/mol. The van der Waals surface area contributed by atoms with Crippen molar-refractivity contribution in [1.82, 2.24) is 19.8 Å². The van der Waals surface area contributed by atoms with Crippen LogP contribution in [0.3, 0.4) is 0 Å². The van der Waals surface area contributed by atoms with Crippen molar-refractivity contribution in [3.63, 3.8) is 0 Å². The van der Waals surface area contributed by atoms with Crippen LogP contribution in [-0.2, 0) is 34.5 Å². The summed E-state index contributed by atoms with van der Waals surface area (Å²) in [5.41, 5.74) is 4.26. The largest absolute Gasteiger partial charge is 0.480 e. The van der Waals surface area contributed by atoms with Gasteiger partial charge in [-0.25, -0.2) is 4.98 Å². The van der Waals surface area contributed by atoms with Gasteiger partial charge in [0.2, 0.25) is 12.7 Å². The number of aromatic nitrogens is 2. The van der Waals surface area contributed by atoms with Crippen molar-refractivity contribution < 1.29 is 29.0 Å². The number of nitrogens with zero attached hydrogens (tertiary/aromatic N) is 3. The maximum Gasteiger partial charge on any atom is 0.325 e. The molecule has 2 aliphatic rings. The van der Waals surface area contributed by atoms with Crippen LogP contribution in [-0.4, -0.2) is 56.2 Å². The number of benzene rings is 2. The van der Waals surface area contributed by atoms with Crippen LogP contribution in [0.15, 0.2) is 48.8 Å². The van der Waals surface area contributed by atoms with E-state index in [0.717, 1.165) is 11.3 Å². The number of nitrogens with one attached hydrogen (secondary N) is 1. The van der Waals surface area contributed by atoms with E-state index in [0.29, 0.717) is 29.3 Å². The van der Waals surface area contributed by atoms with Gasteiger partial charge in [0.1, 0.15) is 12.1 Å². The van der Waals surface area contributed by atoms with Crippen LogP contribution in [0.5, 0.6) is 11.5 Å². The van der Waals surface area contributed by atoms with Crippen LogP contribution in [0.1, 0.15) is 60.6 Å². The average Bonchev–Trinajstić information content (AvgIpc) is 3.53. The monoisotopic (exact) mass is 532 g/mol. The van der Waals surface area contributed by atoms with Gasteiger partial charge in [0, 0.05) is 18.5 Å². The SMILES string of the molecule is CC(NC(=O)C1Cc2ncn(Cc3ccc(C(C)(C)C)cc3)c2CN1C(=O)c1ccc2c(c1)OCO2)C(=O)O. The molecular formula is C29H32N4O6. The maximum absolute atomic E-state index is 13.8. The summed E-state index contributed by atoms with van der Waals surface area (Å²) in [7, 11) is 0. The molecule has 2 amide bonds. The molecule has 2 aromatic carbocycles. The minimum atomic E-state index is -1.16. The lowest BCUT2D eigenvalue weighted by Crippen LogP contribution is -2.55. The van der Waals surface area contributed by atoms with Crippen molar-refractivity contribution in [3.8, 4) is 11.5 Å². The van der Waals surface area contributed by atoms with Crippen molar-refractivity contribution in [2.24, 2.45) is 0 Å². The molecule has 2 aliphatic heterocycles. The number of carbonyl (C=O) groups excluding carboxylic acids is 2. The number of aliphatic carboxylic acids is 1. The highest BCUT2D eigenvalue weighted by Gasteiger charge is 2.38. The molecule has 0 saturated carbocycles. The topological polar surface area (TPSA) is 123 Å². The molecule has 0 saturated heterocycles. The third-order valence-corrected chi connectivity index (χ3v) is 7.20. The summed E-state index contributed by atoms with van der Waals surface area (Å²) in [6, 6.07) is 11.3. The van der Waals surface area contributed by atoms with E-state index in [4.69, 9.17) is 9.47 Å². The Morgan fingerprint density at radius 1 is 1.10 bits per heavy atom. The van der Waals surface area contributed by atoms with E-state index in [-0.39, 0.29) is 31.1 Å². The van der Waals surface area contributed by atoms with E-state index in [1.54, 1.807) is 24.5 Å². The second kappa shape index (κ2) is 10.1. The second-order valence-corrected chi connectivity index (χ2v) is 11.0. The molecule has 39 heavy (non-hydrogen) atoms. The molecular weight excluding hydrogens is 500 g/mol. The van der Waals surface area contributed by atoms with Gasteiger partial charge in [0.05, 0.1) is 24.3 Å². The molecule has 3 aromatic rings. The molecule has 10 nitrogen and oxygen atoms in total. The fraction of sp³-hybridized carbons (Fsp3) is 0.379. The number of hydrogen-bond donors (Lipinski definition) is 2. The molecule has 1 aromatic heterocycles. The molecule has 10 heteroatoms. The third-order valence-electron chi connectivity index (χ3n) is 7.20. The number of ether oxygens (including phenoxy) is 2. The van der Waals surface area contributed by atoms with Gasteiger partial charge in [-0.15, -0.1) is 0 Å². The van der Waals surface area contributed by atoms with Crippen LogP contribution in [0.4, 0.5) is 0 Å². The molecule has 0 fully saturated rings. The van der Waals surface area contributed by atoms with Crippen molar-refractivity contribution >= 4 is 17.8 Å². The molecule has 2 atom stereocenters. The standard InChI is InChI=1S/C29H32N4O6/c1-17(28(36)37)31-26(34)22-12-21-23(14-33(22)27(35)19-7-10-24-25(11-19)39-16-38-24)32(15-30-21)13-18-5-8-20(9-6-18)29(2,3)4/h5-11,15,17,22H,12-14,16H2,1-4H3,(H,31,34)(H,36,37). The van der Waals surface area contributed by atoms with E-state index in [2.05, 4.69) is 55.3 Å². The van der Waals surface area contributed by atoms with E-state index in [1.807, 2.05) is 4.57 Å². The van der Waals surface area contributed by atoms with Gasteiger partial charge in [-0.3, -0.25) is 14.4 Å². The van der Waals surface area contributed by atoms with E-state index < -0.39 is 24.0 Å². The normalized spacial score (nSPS) is 16.9. The first kappa shape index (κ1) is 26.3. The van der Waals surface area contributed by atoms with Crippen molar-refractivity contribution in [2.75, 3.05) is 6.79 Å². The zero-order valence-electron chi connectivity index (χ0n) is 22.4. The van der Waals surface area contributed by atoms with Crippen LogP contribution in [0, 0.1) is 0 Å². The number of imidazole rings is 1. The summed E-state index contributed by atoms with van der Waals surface area (Å²) in [5, 5.41) is 11.8. The Labute approximate surface area is 226 Å². The van der Waals surface area contributed by atoms with Gasteiger partial charge in [0.15, 0.2) is 11.5 Å². The first-order valence-electron chi connectivity index (χ1n) is 12.9. The molecule has 5 rings (SSSR count). The molecule has 0 bridgehead atoms. The van der Waals surface area contributed by atoms with Gasteiger partial charge in [-0.2, -0.15) is 0 Å². The third kappa shape index (κ3) is 5.32. The lowest BCUT2D eigenvalue weighted by molar-refractivity contribution is -0.142. The lowest BCUT2D eigenvalue weighted by Gasteiger charge is -2.35. The number of carboxylic acid groups (broad SMARTS) is 1. The van der Waals surface area contributed by atoms with Gasteiger partial charge in [-0.05, 0) is 41.7 Å². The van der Waals surface area contributed by atoms with Gasteiger partial charge in [-0.1, -0.05) is 45.0 Å². The second-order valence-electron chi connectivity index (χ2n) is 11.0. The Morgan fingerprint density at radius 2 is 1.82 bits per heavy atom. The van der Waals surface area contributed by atoms with Gasteiger partial charge < -0.3 is 29.4 Å². The van der Waals surface area contributed by atoms with Crippen molar-refractivity contribution in [3.05, 3.63) is 76.9 Å². The highest BCUT2D eigenvalue weighted by Crippen LogP contribution is 2.34. The number of carbonyl (C=O) groups is 3. The Bertz CT molecular complexity index is 1420. The Balaban J connectivity index is 1.44. The number of carboxylic acids is 1. The lowest BCUT2D eigenvalue weighted by atomic mass is 9.87. The molecule has 0 spiro atoms. The molecule has 0 aliphatic carbocycles. The number of amides is 2. The number of fused-ring (bicyclic) bond motifs is 2.